The summed E-state index contributed by atoms with van der Waals surface area (Å²) in [5.41, 5.74) is 2.62. The number of ether oxygens (including phenoxy) is 4. The molecule has 0 N–H and O–H groups in total. The summed E-state index contributed by atoms with van der Waals surface area (Å²) < 4.78 is 24.9. The standard InChI is InChI=1S/C26H32N6O6Si/c1-6-37-25(34)19-14-28-32(15-19)26-29-21-9-10-31(16-20-8-7-18(13-27-20)24(33)35-2)22(21)23(30-26)38-17-36-11-12-39(3,4)5/h7-10,13-15H,6,11-12,16-17H2,1-5H3. The molecule has 4 rings (SSSR count). The minimum absolute atomic E-state index is 0.0144. The summed E-state index contributed by atoms with van der Waals surface area (Å²) >= 11 is 0. The van der Waals surface area contributed by atoms with Crippen LogP contribution in [0.1, 0.15) is 33.3 Å². The van der Waals surface area contributed by atoms with Gasteiger partial charge in [0.15, 0.2) is 6.79 Å². The Morgan fingerprint density at radius 3 is 2.54 bits per heavy atom. The van der Waals surface area contributed by atoms with E-state index >= 15 is 0 Å². The smallest absolute Gasteiger partial charge is 0.341 e. The van der Waals surface area contributed by atoms with Gasteiger partial charge in [-0.05, 0) is 31.2 Å². The number of pyridine rings is 1. The maximum absolute atomic E-state index is 12.1. The van der Waals surface area contributed by atoms with E-state index in [0.29, 0.717) is 41.3 Å². The van der Waals surface area contributed by atoms with Crippen molar-refractivity contribution in [1.82, 2.24) is 29.3 Å². The molecule has 0 unspecified atom stereocenters. The van der Waals surface area contributed by atoms with Crippen molar-refractivity contribution in [1.29, 1.82) is 0 Å². The molecule has 0 amide bonds. The van der Waals surface area contributed by atoms with E-state index in [1.54, 1.807) is 19.1 Å². The van der Waals surface area contributed by atoms with Crippen LogP contribution in [0.25, 0.3) is 17.0 Å². The first-order chi connectivity index (χ1) is 18.7. The van der Waals surface area contributed by atoms with Gasteiger partial charge in [-0.2, -0.15) is 10.1 Å². The second-order valence-corrected chi connectivity index (χ2v) is 15.5. The van der Waals surface area contributed by atoms with Gasteiger partial charge in [0.25, 0.3) is 5.95 Å². The zero-order valence-corrected chi connectivity index (χ0v) is 23.7. The van der Waals surface area contributed by atoms with Crippen molar-refractivity contribution in [2.75, 3.05) is 27.1 Å². The van der Waals surface area contributed by atoms with Gasteiger partial charge in [-0.15, -0.1) is 0 Å². The Labute approximate surface area is 226 Å². The molecule has 4 aromatic rings. The molecule has 13 heteroatoms. The molecular formula is C26H32N6O6Si. The van der Waals surface area contributed by atoms with Crippen molar-refractivity contribution in [3.05, 3.63) is 59.8 Å². The van der Waals surface area contributed by atoms with Crippen molar-refractivity contribution >= 4 is 31.0 Å². The summed E-state index contributed by atoms with van der Waals surface area (Å²) in [6.07, 6.45) is 6.24. The number of rotatable bonds is 12. The molecule has 0 aliphatic heterocycles. The number of aromatic nitrogens is 6. The third-order valence-electron chi connectivity index (χ3n) is 5.72. The molecule has 4 aromatic heterocycles. The van der Waals surface area contributed by atoms with Crippen LogP contribution < -0.4 is 4.74 Å². The highest BCUT2D eigenvalue weighted by Crippen LogP contribution is 2.26. The van der Waals surface area contributed by atoms with Crippen LogP contribution in [0.15, 0.2) is 43.0 Å². The molecular weight excluding hydrogens is 520 g/mol. The molecule has 4 heterocycles. The monoisotopic (exact) mass is 552 g/mol. The molecule has 0 saturated carbocycles. The first kappa shape index (κ1) is 27.9. The van der Waals surface area contributed by atoms with Gasteiger partial charge >= 0.3 is 11.9 Å². The number of esters is 2. The van der Waals surface area contributed by atoms with E-state index in [1.165, 1.54) is 30.4 Å². The number of nitrogens with zero attached hydrogens (tertiary/aromatic N) is 6. The second-order valence-electron chi connectivity index (χ2n) is 9.91. The van der Waals surface area contributed by atoms with Crippen LogP contribution >= 0.6 is 0 Å². The Morgan fingerprint density at radius 1 is 1.03 bits per heavy atom. The van der Waals surface area contributed by atoms with E-state index in [0.717, 1.165) is 6.04 Å². The molecule has 206 valence electrons. The number of carbonyl (C=O) groups excluding carboxylic acids is 2. The summed E-state index contributed by atoms with van der Waals surface area (Å²) in [5, 5.41) is 4.23. The van der Waals surface area contributed by atoms with Crippen LogP contribution in [0.2, 0.25) is 25.7 Å². The fraction of sp³-hybridized carbons (Fsp3) is 0.385. The van der Waals surface area contributed by atoms with Crippen LogP contribution in [-0.4, -0.2) is 76.4 Å². The van der Waals surface area contributed by atoms with E-state index in [9.17, 15) is 9.59 Å². The highest BCUT2D eigenvalue weighted by Gasteiger charge is 2.18. The van der Waals surface area contributed by atoms with E-state index in [4.69, 9.17) is 18.9 Å². The van der Waals surface area contributed by atoms with Crippen LogP contribution in [0.4, 0.5) is 0 Å². The molecule has 0 aromatic carbocycles. The second kappa shape index (κ2) is 12.2. The van der Waals surface area contributed by atoms with Gasteiger partial charge in [-0.1, -0.05) is 19.6 Å². The molecule has 0 spiro atoms. The van der Waals surface area contributed by atoms with E-state index < -0.39 is 20.0 Å². The lowest BCUT2D eigenvalue weighted by atomic mass is 10.2. The minimum Gasteiger partial charge on any atom is -0.465 e. The van der Waals surface area contributed by atoms with E-state index in [1.807, 2.05) is 16.8 Å². The predicted octanol–water partition coefficient (Wildman–Crippen LogP) is 3.71. The zero-order valence-electron chi connectivity index (χ0n) is 22.7. The summed E-state index contributed by atoms with van der Waals surface area (Å²) in [7, 11) is 0.0799. The van der Waals surface area contributed by atoms with Crippen LogP contribution in [0.3, 0.4) is 0 Å². The van der Waals surface area contributed by atoms with Crippen molar-refractivity contribution < 1.29 is 28.5 Å². The van der Waals surface area contributed by atoms with Crippen molar-refractivity contribution in [3.8, 4) is 11.8 Å². The first-order valence-corrected chi connectivity index (χ1v) is 16.2. The third-order valence-corrected chi connectivity index (χ3v) is 7.42. The molecule has 0 atom stereocenters. The Bertz CT molecular complexity index is 1440. The van der Waals surface area contributed by atoms with Crippen LogP contribution in [-0.2, 0) is 20.8 Å². The molecule has 0 fully saturated rings. The van der Waals surface area contributed by atoms with Gasteiger partial charge in [0.1, 0.15) is 5.52 Å². The lowest BCUT2D eigenvalue weighted by Gasteiger charge is -2.16. The van der Waals surface area contributed by atoms with Gasteiger partial charge in [-0.3, -0.25) is 4.98 Å². The Morgan fingerprint density at radius 2 is 1.85 bits per heavy atom. The van der Waals surface area contributed by atoms with Gasteiger partial charge in [0.05, 0.1) is 48.8 Å². The number of hydrogen-bond acceptors (Lipinski definition) is 10. The molecule has 12 nitrogen and oxygen atoms in total. The SMILES string of the molecule is CCOC(=O)c1cnn(-c2nc(OCOCC[Si](C)(C)C)c3c(ccn3Cc3ccc(C(=O)OC)cn3)n2)c1. The maximum Gasteiger partial charge on any atom is 0.341 e. The summed E-state index contributed by atoms with van der Waals surface area (Å²) in [6, 6.07) is 6.26. The molecule has 0 aliphatic carbocycles. The average Bonchev–Trinajstić information content (AvgIpc) is 3.56. The summed E-state index contributed by atoms with van der Waals surface area (Å²) in [5.74, 6) is -0.397. The third kappa shape index (κ3) is 7.06. The van der Waals surface area contributed by atoms with Crippen molar-refractivity contribution in [2.45, 2.75) is 39.2 Å². The maximum atomic E-state index is 12.1. The van der Waals surface area contributed by atoms with Gasteiger partial charge in [0, 0.05) is 33.3 Å². The molecule has 0 saturated heterocycles. The fourth-order valence-corrected chi connectivity index (χ4v) is 4.37. The Hall–Kier alpha value is -4.10. The average molecular weight is 553 g/mol. The first-order valence-electron chi connectivity index (χ1n) is 12.5. The molecule has 39 heavy (non-hydrogen) atoms. The Kier molecular flexibility index (Phi) is 8.71. The summed E-state index contributed by atoms with van der Waals surface area (Å²) in [6.45, 7) is 9.84. The van der Waals surface area contributed by atoms with E-state index in [-0.39, 0.29) is 24.9 Å². The number of hydrogen-bond donors (Lipinski definition) is 0. The quantitative estimate of drug-likeness (QED) is 0.111. The highest BCUT2D eigenvalue weighted by atomic mass is 28.3. The molecule has 0 radical (unpaired) electrons. The number of methoxy groups -OCH3 is 1. The van der Waals surface area contributed by atoms with Gasteiger partial charge in [-0.25, -0.2) is 19.3 Å². The van der Waals surface area contributed by atoms with Crippen LogP contribution in [0, 0.1) is 0 Å². The normalized spacial score (nSPS) is 11.5. The van der Waals surface area contributed by atoms with Crippen LogP contribution in [0.5, 0.6) is 5.88 Å². The predicted molar refractivity (Wildman–Crippen MR) is 145 cm³/mol. The van der Waals surface area contributed by atoms with Crippen molar-refractivity contribution in [3.63, 3.8) is 0 Å². The molecule has 0 bridgehead atoms. The van der Waals surface area contributed by atoms with Crippen molar-refractivity contribution in [2.24, 2.45) is 0 Å². The topological polar surface area (TPSA) is 132 Å². The largest absolute Gasteiger partial charge is 0.465 e. The highest BCUT2D eigenvalue weighted by molar-refractivity contribution is 6.76. The fourth-order valence-electron chi connectivity index (χ4n) is 3.61. The van der Waals surface area contributed by atoms with Gasteiger partial charge in [0.2, 0.25) is 5.88 Å². The van der Waals surface area contributed by atoms with Gasteiger partial charge < -0.3 is 23.5 Å². The Balaban J connectivity index is 1.63. The number of fused-ring (bicyclic) bond motifs is 1. The minimum atomic E-state index is -1.25. The summed E-state index contributed by atoms with van der Waals surface area (Å²) in [4.78, 5) is 37.5. The zero-order chi connectivity index (χ0) is 28.0. The lowest BCUT2D eigenvalue weighted by Crippen LogP contribution is -2.22. The molecule has 0 aliphatic rings. The number of carbonyl (C=O) groups is 2. The lowest BCUT2D eigenvalue weighted by molar-refractivity contribution is 0.0200. The van der Waals surface area contributed by atoms with E-state index in [2.05, 4.69) is 39.7 Å².